The molecule has 1 heterocycles. The third kappa shape index (κ3) is 1.63. The second-order valence-corrected chi connectivity index (χ2v) is 6.35. The van der Waals surface area contributed by atoms with Crippen LogP contribution >= 0.6 is 11.6 Å². The molecule has 1 amide bonds. The van der Waals surface area contributed by atoms with Crippen molar-refractivity contribution in [2.24, 2.45) is 0 Å². The van der Waals surface area contributed by atoms with Gasteiger partial charge in [0.05, 0.1) is 5.41 Å². The van der Waals surface area contributed by atoms with Crippen LogP contribution in [-0.4, -0.2) is 12.5 Å². The Bertz CT molecular complexity index is 728. The van der Waals surface area contributed by atoms with E-state index in [-0.39, 0.29) is 5.91 Å². The first-order chi connectivity index (χ1) is 10.2. The van der Waals surface area contributed by atoms with Crippen molar-refractivity contribution in [1.82, 2.24) is 0 Å². The molecule has 4 rings (SSSR count). The maximum absolute atomic E-state index is 13.1. The standard InChI is InChI=1S/C18H16ClNO/c1-2-20-16-9-14(19)7-8-15(16)18(17(20)21)10-12-5-3-4-6-13(12)11-18/h3-9H,2,10-11H2,1H3. The molecule has 3 heteroatoms. The van der Waals surface area contributed by atoms with Crippen LogP contribution in [0.2, 0.25) is 5.02 Å². The number of fused-ring (bicyclic) bond motifs is 3. The summed E-state index contributed by atoms with van der Waals surface area (Å²) in [4.78, 5) is 15.0. The van der Waals surface area contributed by atoms with Gasteiger partial charge in [0.1, 0.15) is 0 Å². The van der Waals surface area contributed by atoms with Gasteiger partial charge in [-0.3, -0.25) is 4.79 Å². The molecular weight excluding hydrogens is 282 g/mol. The van der Waals surface area contributed by atoms with E-state index in [1.807, 2.05) is 30.0 Å². The van der Waals surface area contributed by atoms with Gasteiger partial charge in [-0.1, -0.05) is 41.9 Å². The number of carbonyl (C=O) groups is 1. The normalized spacial score (nSPS) is 18.2. The molecule has 0 bridgehead atoms. The Balaban J connectivity index is 1.91. The van der Waals surface area contributed by atoms with Crippen molar-refractivity contribution >= 4 is 23.2 Å². The third-order valence-corrected chi connectivity index (χ3v) is 5.07. The molecule has 0 aromatic heterocycles. The molecule has 2 aromatic rings. The fraction of sp³-hybridized carbons (Fsp3) is 0.278. The minimum Gasteiger partial charge on any atom is -0.312 e. The molecule has 2 nitrogen and oxygen atoms in total. The number of halogens is 1. The number of carbonyl (C=O) groups excluding carboxylic acids is 1. The highest BCUT2D eigenvalue weighted by atomic mass is 35.5. The Labute approximate surface area is 129 Å². The Morgan fingerprint density at radius 2 is 1.81 bits per heavy atom. The van der Waals surface area contributed by atoms with Crippen molar-refractivity contribution in [3.63, 3.8) is 0 Å². The molecular formula is C18H16ClNO. The number of likely N-dealkylation sites (N-methyl/N-ethyl adjacent to an activating group) is 1. The van der Waals surface area contributed by atoms with Gasteiger partial charge in [-0.2, -0.15) is 0 Å². The van der Waals surface area contributed by atoms with E-state index in [1.165, 1.54) is 11.1 Å². The Kier molecular flexibility index (Phi) is 2.67. The SMILES string of the molecule is CCN1C(=O)C2(Cc3ccccc3C2)c2ccc(Cl)cc21. The van der Waals surface area contributed by atoms with Crippen molar-refractivity contribution in [2.75, 3.05) is 11.4 Å². The molecule has 106 valence electrons. The Hall–Kier alpha value is -1.80. The van der Waals surface area contributed by atoms with Crippen LogP contribution in [0, 0.1) is 0 Å². The summed E-state index contributed by atoms with van der Waals surface area (Å²) in [5.41, 5.74) is 4.30. The van der Waals surface area contributed by atoms with E-state index < -0.39 is 5.41 Å². The van der Waals surface area contributed by atoms with E-state index in [2.05, 4.69) is 24.3 Å². The number of hydrogen-bond acceptors (Lipinski definition) is 1. The van der Waals surface area contributed by atoms with E-state index in [0.29, 0.717) is 11.6 Å². The van der Waals surface area contributed by atoms with E-state index in [9.17, 15) is 4.79 Å². The molecule has 21 heavy (non-hydrogen) atoms. The number of nitrogens with zero attached hydrogens (tertiary/aromatic N) is 1. The predicted octanol–water partition coefficient (Wildman–Crippen LogP) is 3.74. The monoisotopic (exact) mass is 297 g/mol. The molecule has 0 atom stereocenters. The second-order valence-electron chi connectivity index (χ2n) is 5.92. The fourth-order valence-electron chi connectivity index (χ4n) is 3.89. The van der Waals surface area contributed by atoms with E-state index in [0.717, 1.165) is 24.1 Å². The molecule has 2 aliphatic rings. The fourth-order valence-corrected chi connectivity index (χ4v) is 4.05. The van der Waals surface area contributed by atoms with Gasteiger partial charge < -0.3 is 4.90 Å². The second kappa shape index (κ2) is 4.35. The number of hydrogen-bond donors (Lipinski definition) is 0. The lowest BCUT2D eigenvalue weighted by Gasteiger charge is -2.23. The van der Waals surface area contributed by atoms with Crippen molar-refractivity contribution in [1.29, 1.82) is 0 Å². The topological polar surface area (TPSA) is 20.3 Å². The molecule has 1 aliphatic heterocycles. The van der Waals surface area contributed by atoms with Gasteiger partial charge in [-0.05, 0) is 48.6 Å². The molecule has 0 N–H and O–H groups in total. The lowest BCUT2D eigenvalue weighted by Crippen LogP contribution is -2.41. The molecule has 0 saturated heterocycles. The van der Waals surface area contributed by atoms with Crippen LogP contribution in [-0.2, 0) is 23.1 Å². The smallest absolute Gasteiger partial charge is 0.238 e. The van der Waals surface area contributed by atoms with E-state index >= 15 is 0 Å². The molecule has 2 aromatic carbocycles. The van der Waals surface area contributed by atoms with Crippen LogP contribution in [0.15, 0.2) is 42.5 Å². The Morgan fingerprint density at radius 1 is 1.14 bits per heavy atom. The van der Waals surface area contributed by atoms with Gasteiger partial charge in [-0.15, -0.1) is 0 Å². The van der Waals surface area contributed by atoms with Crippen molar-refractivity contribution in [3.05, 3.63) is 64.2 Å². The summed E-state index contributed by atoms with van der Waals surface area (Å²) < 4.78 is 0. The maximum atomic E-state index is 13.1. The predicted molar refractivity (Wildman–Crippen MR) is 85.0 cm³/mol. The summed E-state index contributed by atoms with van der Waals surface area (Å²) in [6.45, 7) is 2.70. The zero-order valence-electron chi connectivity index (χ0n) is 11.9. The van der Waals surface area contributed by atoms with E-state index in [1.54, 1.807) is 0 Å². The zero-order valence-corrected chi connectivity index (χ0v) is 12.7. The summed E-state index contributed by atoms with van der Waals surface area (Å²) in [5.74, 6) is 0.221. The van der Waals surface area contributed by atoms with Crippen LogP contribution in [0.1, 0.15) is 23.6 Å². The largest absolute Gasteiger partial charge is 0.312 e. The van der Waals surface area contributed by atoms with Crippen molar-refractivity contribution in [3.8, 4) is 0 Å². The van der Waals surface area contributed by atoms with Crippen LogP contribution in [0.4, 0.5) is 5.69 Å². The number of amides is 1. The van der Waals surface area contributed by atoms with Crippen molar-refractivity contribution < 1.29 is 4.79 Å². The molecule has 0 saturated carbocycles. The molecule has 0 radical (unpaired) electrons. The highest BCUT2D eigenvalue weighted by Crippen LogP contribution is 2.50. The average Bonchev–Trinajstić information content (AvgIpc) is 2.97. The first-order valence-corrected chi connectivity index (χ1v) is 7.72. The van der Waals surface area contributed by atoms with Crippen LogP contribution in [0.5, 0.6) is 0 Å². The van der Waals surface area contributed by atoms with Gasteiger partial charge in [0.2, 0.25) is 5.91 Å². The van der Waals surface area contributed by atoms with Gasteiger partial charge in [-0.25, -0.2) is 0 Å². The average molecular weight is 298 g/mol. The Morgan fingerprint density at radius 3 is 2.43 bits per heavy atom. The first kappa shape index (κ1) is 12.9. The maximum Gasteiger partial charge on any atom is 0.238 e. The quantitative estimate of drug-likeness (QED) is 0.785. The highest BCUT2D eigenvalue weighted by Gasteiger charge is 2.53. The molecule has 0 unspecified atom stereocenters. The molecule has 0 fully saturated rings. The zero-order chi connectivity index (χ0) is 14.6. The number of anilines is 1. The minimum absolute atomic E-state index is 0.221. The summed E-state index contributed by atoms with van der Waals surface area (Å²) >= 11 is 6.14. The van der Waals surface area contributed by atoms with Crippen LogP contribution in [0.25, 0.3) is 0 Å². The lowest BCUT2D eigenvalue weighted by molar-refractivity contribution is -0.122. The van der Waals surface area contributed by atoms with Crippen LogP contribution in [0.3, 0.4) is 0 Å². The number of benzene rings is 2. The molecule has 1 aliphatic carbocycles. The van der Waals surface area contributed by atoms with Crippen LogP contribution < -0.4 is 4.90 Å². The highest BCUT2D eigenvalue weighted by molar-refractivity contribution is 6.31. The van der Waals surface area contributed by atoms with Gasteiger partial charge >= 0.3 is 0 Å². The van der Waals surface area contributed by atoms with Gasteiger partial charge in [0.15, 0.2) is 0 Å². The first-order valence-electron chi connectivity index (χ1n) is 7.34. The lowest BCUT2D eigenvalue weighted by atomic mass is 9.79. The van der Waals surface area contributed by atoms with Gasteiger partial charge in [0, 0.05) is 17.3 Å². The number of rotatable bonds is 1. The van der Waals surface area contributed by atoms with Crippen molar-refractivity contribution in [2.45, 2.75) is 25.2 Å². The minimum atomic E-state index is -0.417. The third-order valence-electron chi connectivity index (χ3n) is 4.84. The molecule has 1 spiro atoms. The summed E-state index contributed by atoms with van der Waals surface area (Å²) in [6, 6.07) is 14.3. The van der Waals surface area contributed by atoms with Gasteiger partial charge in [0.25, 0.3) is 0 Å². The summed E-state index contributed by atoms with van der Waals surface area (Å²) in [7, 11) is 0. The van der Waals surface area contributed by atoms with E-state index in [4.69, 9.17) is 11.6 Å². The summed E-state index contributed by atoms with van der Waals surface area (Å²) in [6.07, 6.45) is 1.60. The summed E-state index contributed by atoms with van der Waals surface area (Å²) in [5, 5.41) is 0.688.